The first-order valence-corrected chi connectivity index (χ1v) is 8.11. The van der Waals surface area contributed by atoms with Gasteiger partial charge in [0.1, 0.15) is 12.9 Å². The minimum Gasteiger partial charge on any atom is -0.347 e. The molecule has 1 heterocycles. The van der Waals surface area contributed by atoms with Gasteiger partial charge in [-0.05, 0) is 39.8 Å². The van der Waals surface area contributed by atoms with Crippen LogP contribution in [-0.4, -0.2) is 26.1 Å². The van der Waals surface area contributed by atoms with Gasteiger partial charge in [-0.1, -0.05) is 52.0 Å². The number of hydrogen-bond donors (Lipinski definition) is 1. The van der Waals surface area contributed by atoms with Crippen molar-refractivity contribution in [1.29, 1.82) is 0 Å². The summed E-state index contributed by atoms with van der Waals surface area (Å²) in [6.07, 6.45) is 2.56. The molecular formula is C17H25N5O. The number of benzene rings is 1. The van der Waals surface area contributed by atoms with Crippen LogP contribution >= 0.6 is 0 Å². The Morgan fingerprint density at radius 3 is 2.35 bits per heavy atom. The molecule has 1 N–H and O–H groups in total. The zero-order valence-corrected chi connectivity index (χ0v) is 14.2. The highest BCUT2D eigenvalue weighted by Crippen LogP contribution is 2.25. The van der Waals surface area contributed by atoms with Crippen LogP contribution in [0.15, 0.2) is 30.6 Å². The summed E-state index contributed by atoms with van der Waals surface area (Å²) in [7, 11) is 0. The molecule has 1 aromatic carbocycles. The summed E-state index contributed by atoms with van der Waals surface area (Å²) >= 11 is 0. The third-order valence-corrected chi connectivity index (χ3v) is 4.16. The normalized spacial score (nSPS) is 13.8. The van der Waals surface area contributed by atoms with Crippen LogP contribution in [0, 0.1) is 5.92 Å². The van der Waals surface area contributed by atoms with E-state index >= 15 is 0 Å². The third kappa shape index (κ3) is 4.61. The number of rotatable bonds is 7. The Labute approximate surface area is 137 Å². The van der Waals surface area contributed by atoms with Crippen molar-refractivity contribution < 1.29 is 4.79 Å². The van der Waals surface area contributed by atoms with Crippen molar-refractivity contribution in [2.75, 3.05) is 0 Å². The van der Waals surface area contributed by atoms with E-state index in [1.54, 1.807) is 0 Å². The van der Waals surface area contributed by atoms with Crippen molar-refractivity contribution >= 4 is 5.91 Å². The molecular weight excluding hydrogens is 290 g/mol. The fourth-order valence-corrected chi connectivity index (χ4v) is 2.52. The second-order valence-corrected chi connectivity index (χ2v) is 6.27. The van der Waals surface area contributed by atoms with Crippen molar-refractivity contribution in [1.82, 2.24) is 25.5 Å². The Balaban J connectivity index is 2.07. The van der Waals surface area contributed by atoms with Crippen molar-refractivity contribution in [3.8, 4) is 0 Å². The van der Waals surface area contributed by atoms with Crippen molar-refractivity contribution in [2.24, 2.45) is 5.92 Å². The SMILES string of the molecule is CCC(C)c1ccc(C(NC(=O)Cn2cnnn2)C(C)C)cc1. The fraction of sp³-hybridized carbons (Fsp3) is 0.529. The van der Waals surface area contributed by atoms with Crippen molar-refractivity contribution in [2.45, 2.75) is 52.6 Å². The molecule has 0 saturated heterocycles. The fourth-order valence-electron chi connectivity index (χ4n) is 2.52. The van der Waals surface area contributed by atoms with Gasteiger partial charge < -0.3 is 5.32 Å². The van der Waals surface area contributed by atoms with E-state index in [1.807, 2.05) is 0 Å². The van der Waals surface area contributed by atoms with Gasteiger partial charge in [-0.2, -0.15) is 0 Å². The number of hydrogen-bond acceptors (Lipinski definition) is 4. The van der Waals surface area contributed by atoms with Crippen LogP contribution < -0.4 is 5.32 Å². The third-order valence-electron chi connectivity index (χ3n) is 4.16. The van der Waals surface area contributed by atoms with Crippen molar-refractivity contribution in [3.63, 3.8) is 0 Å². The van der Waals surface area contributed by atoms with E-state index in [2.05, 4.69) is 72.8 Å². The molecule has 0 fully saturated rings. The van der Waals surface area contributed by atoms with Gasteiger partial charge in [0.25, 0.3) is 0 Å². The highest BCUT2D eigenvalue weighted by Gasteiger charge is 2.19. The van der Waals surface area contributed by atoms with Crippen LogP contribution in [0.3, 0.4) is 0 Å². The lowest BCUT2D eigenvalue weighted by atomic mass is 9.92. The molecule has 0 aliphatic heterocycles. The molecule has 6 nitrogen and oxygen atoms in total. The molecule has 124 valence electrons. The van der Waals surface area contributed by atoms with Crippen LogP contribution in [-0.2, 0) is 11.3 Å². The van der Waals surface area contributed by atoms with Gasteiger partial charge in [0.15, 0.2) is 0 Å². The Morgan fingerprint density at radius 2 is 1.83 bits per heavy atom. The molecule has 2 aromatic rings. The number of nitrogens with one attached hydrogen (secondary N) is 1. The lowest BCUT2D eigenvalue weighted by Crippen LogP contribution is -2.34. The van der Waals surface area contributed by atoms with E-state index in [9.17, 15) is 4.79 Å². The van der Waals surface area contributed by atoms with Gasteiger partial charge >= 0.3 is 0 Å². The quantitative estimate of drug-likeness (QED) is 0.852. The van der Waals surface area contributed by atoms with E-state index < -0.39 is 0 Å². The van der Waals surface area contributed by atoms with E-state index in [4.69, 9.17) is 0 Å². The lowest BCUT2D eigenvalue weighted by Gasteiger charge is -2.23. The predicted molar refractivity (Wildman–Crippen MR) is 88.7 cm³/mol. The average Bonchev–Trinajstić information content (AvgIpc) is 3.04. The number of amides is 1. The molecule has 23 heavy (non-hydrogen) atoms. The number of carbonyl (C=O) groups excluding carboxylic acids is 1. The minimum atomic E-state index is -0.0954. The van der Waals surface area contributed by atoms with Crippen LogP contribution in [0.4, 0.5) is 0 Å². The Hall–Kier alpha value is -2.24. The van der Waals surface area contributed by atoms with E-state index in [0.717, 1.165) is 12.0 Å². The lowest BCUT2D eigenvalue weighted by molar-refractivity contribution is -0.123. The molecule has 2 rings (SSSR count). The summed E-state index contributed by atoms with van der Waals surface area (Å²) in [6, 6.07) is 8.52. The topological polar surface area (TPSA) is 72.7 Å². The first kappa shape index (κ1) is 17.1. The second kappa shape index (κ2) is 7.85. The highest BCUT2D eigenvalue weighted by molar-refractivity contribution is 5.76. The van der Waals surface area contributed by atoms with Crippen LogP contribution in [0.5, 0.6) is 0 Å². The molecule has 0 aliphatic rings. The first-order valence-electron chi connectivity index (χ1n) is 8.11. The molecule has 0 bridgehead atoms. The van der Waals surface area contributed by atoms with E-state index in [0.29, 0.717) is 11.8 Å². The number of carbonyl (C=O) groups is 1. The molecule has 2 atom stereocenters. The predicted octanol–water partition coefficient (Wildman–Crippen LogP) is 2.70. The van der Waals surface area contributed by atoms with E-state index in [-0.39, 0.29) is 18.5 Å². The first-order chi connectivity index (χ1) is 11.0. The highest BCUT2D eigenvalue weighted by atomic mass is 16.2. The maximum atomic E-state index is 12.2. The number of aromatic nitrogens is 4. The molecule has 6 heteroatoms. The van der Waals surface area contributed by atoms with Crippen LogP contribution in [0.2, 0.25) is 0 Å². The summed E-state index contributed by atoms with van der Waals surface area (Å²) in [5.41, 5.74) is 2.45. The Bertz CT molecular complexity index is 606. The monoisotopic (exact) mass is 315 g/mol. The smallest absolute Gasteiger partial charge is 0.242 e. The zero-order chi connectivity index (χ0) is 16.8. The molecule has 0 radical (unpaired) electrons. The van der Waals surface area contributed by atoms with Gasteiger partial charge in [0.05, 0.1) is 6.04 Å². The summed E-state index contributed by atoms with van der Waals surface area (Å²) in [5, 5.41) is 13.9. The maximum Gasteiger partial charge on any atom is 0.242 e. The zero-order valence-electron chi connectivity index (χ0n) is 14.2. The van der Waals surface area contributed by atoms with Crippen LogP contribution in [0.1, 0.15) is 57.2 Å². The number of tetrazole rings is 1. The summed E-state index contributed by atoms with van der Waals surface area (Å²) < 4.78 is 1.42. The van der Waals surface area contributed by atoms with Crippen LogP contribution in [0.25, 0.3) is 0 Å². The molecule has 2 unspecified atom stereocenters. The molecule has 0 spiro atoms. The van der Waals surface area contributed by atoms with Gasteiger partial charge in [0.2, 0.25) is 5.91 Å². The average molecular weight is 315 g/mol. The van der Waals surface area contributed by atoms with Gasteiger partial charge in [0, 0.05) is 0 Å². The molecule has 1 aromatic heterocycles. The molecule has 0 aliphatic carbocycles. The van der Waals surface area contributed by atoms with E-state index in [1.165, 1.54) is 16.6 Å². The van der Waals surface area contributed by atoms with Gasteiger partial charge in [-0.3, -0.25) is 4.79 Å². The summed E-state index contributed by atoms with van der Waals surface area (Å²) in [6.45, 7) is 8.74. The largest absolute Gasteiger partial charge is 0.347 e. The Morgan fingerprint density at radius 1 is 1.17 bits per heavy atom. The van der Waals surface area contributed by atoms with Gasteiger partial charge in [-0.25, -0.2) is 4.68 Å². The Kier molecular flexibility index (Phi) is 5.84. The summed E-state index contributed by atoms with van der Waals surface area (Å²) in [4.78, 5) is 12.2. The minimum absolute atomic E-state index is 0.0232. The maximum absolute atomic E-state index is 12.2. The standard InChI is InChI=1S/C17H25N5O/c1-5-13(4)14-6-8-15(9-7-14)17(12(2)3)19-16(23)10-22-11-18-20-21-22/h6-9,11-13,17H,5,10H2,1-4H3,(H,19,23). The second-order valence-electron chi connectivity index (χ2n) is 6.27. The van der Waals surface area contributed by atoms with Gasteiger partial charge in [-0.15, -0.1) is 5.10 Å². The summed E-state index contributed by atoms with van der Waals surface area (Å²) in [5.74, 6) is 0.750. The molecule has 0 saturated carbocycles. The molecule has 1 amide bonds. The van der Waals surface area contributed by atoms with Crippen molar-refractivity contribution in [3.05, 3.63) is 41.7 Å². The number of nitrogens with zero attached hydrogens (tertiary/aromatic N) is 4.